The van der Waals surface area contributed by atoms with Gasteiger partial charge < -0.3 is 20.5 Å². The maximum absolute atomic E-state index is 11.9. The van der Waals surface area contributed by atoms with E-state index in [0.717, 1.165) is 12.8 Å². The van der Waals surface area contributed by atoms with Crippen molar-refractivity contribution in [3.05, 3.63) is 24.3 Å². The van der Waals surface area contributed by atoms with Crippen molar-refractivity contribution in [1.29, 1.82) is 0 Å². The van der Waals surface area contributed by atoms with Crippen molar-refractivity contribution in [2.75, 3.05) is 25.6 Å². The average Bonchev–Trinajstić information content (AvgIpc) is 2.41. The highest BCUT2D eigenvalue weighted by Gasteiger charge is 2.28. The fourth-order valence-corrected chi connectivity index (χ4v) is 2.21. The molecule has 1 aliphatic rings. The molecule has 1 aliphatic heterocycles. The minimum Gasteiger partial charge on any atom is -0.491 e. The highest BCUT2D eigenvalue weighted by molar-refractivity contribution is 5.76. The van der Waals surface area contributed by atoms with Crippen molar-refractivity contribution in [3.63, 3.8) is 0 Å². The van der Waals surface area contributed by atoms with E-state index in [0.29, 0.717) is 37.7 Å². The van der Waals surface area contributed by atoms with Crippen LogP contribution in [0.5, 0.6) is 5.75 Å². The zero-order valence-electron chi connectivity index (χ0n) is 11.9. The van der Waals surface area contributed by atoms with Gasteiger partial charge in [0.15, 0.2) is 0 Å². The minimum absolute atomic E-state index is 0.00361. The third-order valence-electron chi connectivity index (χ3n) is 3.54. The second-order valence-corrected chi connectivity index (χ2v) is 5.36. The largest absolute Gasteiger partial charge is 0.491 e. The third-order valence-corrected chi connectivity index (χ3v) is 3.54. The number of nitrogens with two attached hydrogens (primary N) is 1. The quantitative estimate of drug-likeness (QED) is 0.804. The lowest BCUT2D eigenvalue weighted by Gasteiger charge is -2.34. The molecule has 1 fully saturated rings. The van der Waals surface area contributed by atoms with Gasteiger partial charge >= 0.3 is 0 Å². The first-order valence-corrected chi connectivity index (χ1v) is 6.95. The summed E-state index contributed by atoms with van der Waals surface area (Å²) in [5, 5.41) is 3.07. The number of hydrogen-bond acceptors (Lipinski definition) is 4. The van der Waals surface area contributed by atoms with Crippen molar-refractivity contribution in [1.82, 2.24) is 5.32 Å². The predicted molar refractivity (Wildman–Crippen MR) is 77.6 cm³/mol. The Balaban J connectivity index is 1.74. The second-order valence-electron chi connectivity index (χ2n) is 5.36. The Morgan fingerprint density at radius 2 is 2.10 bits per heavy atom. The molecule has 0 atom stereocenters. The smallest absolute Gasteiger partial charge is 0.223 e. The summed E-state index contributed by atoms with van der Waals surface area (Å²) in [4.78, 5) is 11.9. The zero-order chi connectivity index (χ0) is 14.4. The Kier molecular flexibility index (Phi) is 4.84. The maximum atomic E-state index is 11.9. The molecule has 0 aliphatic carbocycles. The van der Waals surface area contributed by atoms with Gasteiger partial charge in [0.2, 0.25) is 5.91 Å². The SMILES string of the molecule is CC1(NC(=O)CCOc2ccccc2N)CCOCC1. The highest BCUT2D eigenvalue weighted by atomic mass is 16.5. The molecule has 3 N–H and O–H groups in total. The van der Waals surface area contributed by atoms with Gasteiger partial charge in [-0.05, 0) is 31.9 Å². The number of amides is 1. The molecule has 0 saturated carbocycles. The lowest BCUT2D eigenvalue weighted by atomic mass is 9.92. The molecule has 0 aromatic heterocycles. The normalized spacial score (nSPS) is 17.4. The Morgan fingerprint density at radius 3 is 2.80 bits per heavy atom. The van der Waals surface area contributed by atoms with Gasteiger partial charge in [0.1, 0.15) is 5.75 Å². The molecule has 1 heterocycles. The van der Waals surface area contributed by atoms with E-state index in [-0.39, 0.29) is 11.4 Å². The molecule has 0 spiro atoms. The molecular formula is C15H22N2O3. The van der Waals surface area contributed by atoms with Crippen LogP contribution in [0.1, 0.15) is 26.2 Å². The van der Waals surface area contributed by atoms with Crippen LogP contribution in [0, 0.1) is 0 Å². The number of ether oxygens (including phenoxy) is 2. The van der Waals surface area contributed by atoms with E-state index in [2.05, 4.69) is 12.2 Å². The lowest BCUT2D eigenvalue weighted by molar-refractivity contribution is -0.124. The van der Waals surface area contributed by atoms with Gasteiger partial charge in [0.25, 0.3) is 0 Å². The summed E-state index contributed by atoms with van der Waals surface area (Å²) in [7, 11) is 0. The van der Waals surface area contributed by atoms with Gasteiger partial charge in [-0.2, -0.15) is 0 Å². The van der Waals surface area contributed by atoms with E-state index in [4.69, 9.17) is 15.2 Å². The van der Waals surface area contributed by atoms with Crippen LogP contribution in [0.3, 0.4) is 0 Å². The average molecular weight is 278 g/mol. The number of nitrogen functional groups attached to an aromatic ring is 1. The van der Waals surface area contributed by atoms with E-state index in [1.807, 2.05) is 12.1 Å². The van der Waals surface area contributed by atoms with Crippen molar-refractivity contribution in [2.24, 2.45) is 0 Å². The minimum atomic E-state index is -0.152. The van der Waals surface area contributed by atoms with Crippen LogP contribution in [-0.2, 0) is 9.53 Å². The molecular weight excluding hydrogens is 256 g/mol. The van der Waals surface area contributed by atoms with Crippen LogP contribution in [0.4, 0.5) is 5.69 Å². The summed E-state index contributed by atoms with van der Waals surface area (Å²) < 4.78 is 10.8. The molecule has 0 unspecified atom stereocenters. The molecule has 2 rings (SSSR count). The van der Waals surface area contributed by atoms with Crippen molar-refractivity contribution >= 4 is 11.6 Å². The number of anilines is 1. The van der Waals surface area contributed by atoms with Crippen molar-refractivity contribution in [2.45, 2.75) is 31.7 Å². The summed E-state index contributed by atoms with van der Waals surface area (Å²) in [6.07, 6.45) is 2.03. The first-order valence-electron chi connectivity index (χ1n) is 6.95. The zero-order valence-corrected chi connectivity index (χ0v) is 11.9. The molecule has 1 aromatic carbocycles. The Morgan fingerprint density at radius 1 is 1.40 bits per heavy atom. The number of nitrogens with one attached hydrogen (secondary N) is 1. The predicted octanol–water partition coefficient (Wildman–Crippen LogP) is 1.72. The first kappa shape index (κ1) is 14.7. The van der Waals surface area contributed by atoms with E-state index < -0.39 is 0 Å². The standard InChI is InChI=1S/C15H22N2O3/c1-15(7-10-19-11-8-15)17-14(18)6-9-20-13-5-3-2-4-12(13)16/h2-5H,6-11,16H2,1H3,(H,17,18). The Hall–Kier alpha value is -1.75. The number of benzene rings is 1. The van der Waals surface area contributed by atoms with Gasteiger partial charge in [-0.15, -0.1) is 0 Å². The molecule has 110 valence electrons. The molecule has 0 bridgehead atoms. The molecule has 0 radical (unpaired) electrons. The Labute approximate surface area is 119 Å². The number of hydrogen-bond donors (Lipinski definition) is 2. The molecule has 1 amide bonds. The van der Waals surface area contributed by atoms with Crippen LogP contribution in [-0.4, -0.2) is 31.3 Å². The number of carbonyl (C=O) groups is 1. The van der Waals surface area contributed by atoms with E-state index >= 15 is 0 Å². The van der Waals surface area contributed by atoms with Gasteiger partial charge in [-0.1, -0.05) is 12.1 Å². The van der Waals surface area contributed by atoms with E-state index in [1.54, 1.807) is 12.1 Å². The second kappa shape index (κ2) is 6.61. The number of para-hydroxylation sites is 2. The van der Waals surface area contributed by atoms with Crippen molar-refractivity contribution in [3.8, 4) is 5.75 Å². The number of carbonyl (C=O) groups excluding carboxylic acids is 1. The third kappa shape index (κ3) is 4.13. The Bertz CT molecular complexity index is 456. The summed E-state index contributed by atoms with van der Waals surface area (Å²) in [5.41, 5.74) is 6.20. The summed E-state index contributed by atoms with van der Waals surface area (Å²) in [6, 6.07) is 7.28. The monoisotopic (exact) mass is 278 g/mol. The molecule has 1 saturated heterocycles. The van der Waals surface area contributed by atoms with Gasteiger partial charge in [0.05, 0.1) is 18.7 Å². The molecule has 20 heavy (non-hydrogen) atoms. The van der Waals surface area contributed by atoms with E-state index in [9.17, 15) is 4.79 Å². The van der Waals surface area contributed by atoms with Crippen LogP contribution in [0.2, 0.25) is 0 Å². The van der Waals surface area contributed by atoms with Crippen LogP contribution in [0.15, 0.2) is 24.3 Å². The lowest BCUT2D eigenvalue weighted by Crippen LogP contribution is -2.49. The summed E-state index contributed by atoms with van der Waals surface area (Å²) in [5.74, 6) is 0.626. The van der Waals surface area contributed by atoms with Crippen LogP contribution in [0.25, 0.3) is 0 Å². The van der Waals surface area contributed by atoms with E-state index in [1.165, 1.54) is 0 Å². The van der Waals surface area contributed by atoms with Gasteiger partial charge in [-0.3, -0.25) is 4.79 Å². The molecule has 1 aromatic rings. The maximum Gasteiger partial charge on any atom is 0.223 e. The number of rotatable bonds is 5. The molecule has 5 heteroatoms. The van der Waals surface area contributed by atoms with Crippen molar-refractivity contribution < 1.29 is 14.3 Å². The summed E-state index contributed by atoms with van der Waals surface area (Å²) >= 11 is 0. The van der Waals surface area contributed by atoms with Crippen LogP contribution < -0.4 is 15.8 Å². The van der Waals surface area contributed by atoms with Gasteiger partial charge in [0, 0.05) is 18.8 Å². The van der Waals surface area contributed by atoms with Gasteiger partial charge in [-0.25, -0.2) is 0 Å². The fraction of sp³-hybridized carbons (Fsp3) is 0.533. The highest BCUT2D eigenvalue weighted by Crippen LogP contribution is 2.21. The molecule has 5 nitrogen and oxygen atoms in total. The van der Waals surface area contributed by atoms with Crippen LogP contribution >= 0.6 is 0 Å². The topological polar surface area (TPSA) is 73.6 Å². The summed E-state index contributed by atoms with van der Waals surface area (Å²) in [6.45, 7) is 3.79. The first-order chi connectivity index (χ1) is 9.59. The fourth-order valence-electron chi connectivity index (χ4n) is 2.21.